The van der Waals surface area contributed by atoms with E-state index in [9.17, 15) is 31.3 Å². The topological polar surface area (TPSA) is 341 Å². The number of benzene rings is 9. The number of nitrogens with two attached hydrogens (primary N) is 1. The standard InChI is InChI=1S/C65H65N11O13S2/c1-39-30-44(65(78)68-48-19-14-42-12-11-13-59(50(42)34-48)88-26-7-9-28-90(79,80)81)16-24-51(39)69-75-57-37-62(87-6)58(38-61(57)86-5)76-72-54-36-63(89-27-8-10-29-91(82,83)84)56(32-41(54)3)74-71-53-35-60(85-4)55(31-40(53)2)73-70-52-25-15-43-33-47(22-23-49(43)64(52)77)67-46-20-17-45(66)18-21-46/h11-25,30-38,67,77H,7-10,26-29,66H2,1-6H3,(H,68,78)(H,79,80,81)(H,82,83,84). The fourth-order valence-electron chi connectivity index (χ4n) is 9.32. The van der Waals surface area contributed by atoms with Gasteiger partial charge in [-0.15, -0.1) is 25.6 Å². The van der Waals surface area contributed by atoms with Gasteiger partial charge in [-0.1, -0.05) is 24.3 Å². The molecule has 0 unspecified atom stereocenters. The van der Waals surface area contributed by atoms with E-state index in [0.717, 1.165) is 27.5 Å². The van der Waals surface area contributed by atoms with Gasteiger partial charge in [-0.3, -0.25) is 13.9 Å². The van der Waals surface area contributed by atoms with Crippen molar-refractivity contribution in [3.05, 3.63) is 168 Å². The molecule has 0 aliphatic heterocycles. The average molecular weight is 1270 g/mol. The summed E-state index contributed by atoms with van der Waals surface area (Å²) in [5, 5.41) is 56.5. The number of aryl methyl sites for hydroxylation is 3. The first-order valence-electron chi connectivity index (χ1n) is 28.4. The molecule has 0 atom stereocenters. The Bertz CT molecular complexity index is 4550. The van der Waals surface area contributed by atoms with Gasteiger partial charge >= 0.3 is 0 Å². The van der Waals surface area contributed by atoms with E-state index < -0.39 is 26.0 Å². The van der Waals surface area contributed by atoms with E-state index in [1.807, 2.05) is 67.6 Å². The number of nitrogens with one attached hydrogen (secondary N) is 2. The van der Waals surface area contributed by atoms with Gasteiger partial charge in [0.1, 0.15) is 57.2 Å². The molecule has 9 rings (SSSR count). The number of anilines is 4. The third-order valence-electron chi connectivity index (χ3n) is 14.2. The zero-order valence-electron chi connectivity index (χ0n) is 50.4. The van der Waals surface area contributed by atoms with Gasteiger partial charge in [-0.25, -0.2) is 0 Å². The Morgan fingerprint density at radius 2 is 0.923 bits per heavy atom. The Balaban J connectivity index is 0.895. The molecule has 26 heteroatoms. The Hall–Kier alpha value is -10.4. The van der Waals surface area contributed by atoms with Gasteiger partial charge in [0.2, 0.25) is 0 Å². The second kappa shape index (κ2) is 29.3. The summed E-state index contributed by atoms with van der Waals surface area (Å²) in [4.78, 5) is 13.5. The van der Waals surface area contributed by atoms with Crippen molar-refractivity contribution < 1.29 is 59.5 Å². The molecule has 0 spiro atoms. The quantitative estimate of drug-likeness (QED) is 0.0121. The number of carbonyl (C=O) groups excluding carboxylic acids is 1. The smallest absolute Gasteiger partial charge is 0.264 e. The van der Waals surface area contributed by atoms with Crippen LogP contribution in [0.5, 0.6) is 34.5 Å². The normalized spacial score (nSPS) is 12.0. The summed E-state index contributed by atoms with van der Waals surface area (Å²) in [7, 11) is -3.82. The van der Waals surface area contributed by atoms with Crippen molar-refractivity contribution in [1.29, 1.82) is 0 Å². The number of aromatic hydroxyl groups is 1. The van der Waals surface area contributed by atoms with E-state index in [-0.39, 0.29) is 72.8 Å². The van der Waals surface area contributed by atoms with Crippen LogP contribution >= 0.6 is 0 Å². The summed E-state index contributed by atoms with van der Waals surface area (Å²) in [6.07, 6.45) is 1.07. The number of rotatable bonds is 27. The van der Waals surface area contributed by atoms with Gasteiger partial charge in [0.25, 0.3) is 26.1 Å². The van der Waals surface area contributed by atoms with Crippen LogP contribution in [0.1, 0.15) is 52.7 Å². The molecule has 0 saturated carbocycles. The number of methoxy groups -OCH3 is 3. The summed E-state index contributed by atoms with van der Waals surface area (Å²) in [6.45, 7) is 5.71. The molecule has 9 aromatic carbocycles. The molecule has 0 bridgehead atoms. The minimum absolute atomic E-state index is 0.0454. The van der Waals surface area contributed by atoms with E-state index in [2.05, 4.69) is 51.5 Å². The molecule has 91 heavy (non-hydrogen) atoms. The number of amides is 1. The summed E-state index contributed by atoms with van der Waals surface area (Å²) in [5.41, 5.74) is 13.8. The molecule has 0 aromatic heterocycles. The average Bonchev–Trinajstić information content (AvgIpc) is 1.01. The van der Waals surface area contributed by atoms with Crippen molar-refractivity contribution in [1.82, 2.24) is 0 Å². The largest absolute Gasteiger partial charge is 0.505 e. The van der Waals surface area contributed by atoms with Gasteiger partial charge < -0.3 is 45.2 Å². The molecule has 9 aromatic rings. The molecule has 0 radical (unpaired) electrons. The number of azo groups is 4. The number of phenols is 1. The SMILES string of the molecule is COc1cc(N=Nc2cc(OCCCCS(=O)(=O)O)c(N=Nc3cc(OC)c(N=Nc4ccc5cc(Nc6ccc(N)cc6)ccc5c4O)cc3C)cc2C)c(OC)cc1N=Nc1ccc(C(=O)Nc2ccc3cccc(OCCCCS(=O)(=O)O)c3c2)cc1C. The Kier molecular flexibility index (Phi) is 20.9. The maximum absolute atomic E-state index is 13.5. The Morgan fingerprint density at radius 3 is 1.51 bits per heavy atom. The van der Waals surface area contributed by atoms with Crippen LogP contribution in [0.15, 0.2) is 187 Å². The molecule has 0 aliphatic rings. The zero-order valence-corrected chi connectivity index (χ0v) is 52.0. The molecular weight excluding hydrogens is 1210 g/mol. The van der Waals surface area contributed by atoms with E-state index in [4.69, 9.17) is 34.0 Å². The van der Waals surface area contributed by atoms with Crippen molar-refractivity contribution in [3.63, 3.8) is 0 Å². The zero-order chi connectivity index (χ0) is 64.8. The van der Waals surface area contributed by atoms with E-state index in [0.29, 0.717) is 96.8 Å². The Labute approximate surface area is 525 Å². The molecule has 0 fully saturated rings. The molecule has 0 saturated heterocycles. The highest BCUT2D eigenvalue weighted by molar-refractivity contribution is 7.86. The first kappa shape index (κ1) is 65.0. The van der Waals surface area contributed by atoms with Crippen molar-refractivity contribution >= 4 is 116 Å². The monoisotopic (exact) mass is 1270 g/mol. The van der Waals surface area contributed by atoms with Crippen LogP contribution < -0.4 is 40.1 Å². The first-order chi connectivity index (χ1) is 43.6. The number of hydrogen-bond donors (Lipinski definition) is 6. The van der Waals surface area contributed by atoms with E-state index in [1.54, 1.807) is 98.8 Å². The minimum Gasteiger partial charge on any atom is -0.505 e. The van der Waals surface area contributed by atoms with Crippen LogP contribution in [0.3, 0.4) is 0 Å². The van der Waals surface area contributed by atoms with E-state index >= 15 is 0 Å². The fourth-order valence-corrected chi connectivity index (χ4v) is 10.5. The number of fused-ring (bicyclic) bond motifs is 2. The number of nitrogen functional groups attached to an aromatic ring is 1. The summed E-state index contributed by atoms with van der Waals surface area (Å²) in [5.74, 6) is 0.522. The lowest BCUT2D eigenvalue weighted by atomic mass is 10.1. The van der Waals surface area contributed by atoms with Gasteiger partial charge in [-0.2, -0.15) is 32.2 Å². The maximum Gasteiger partial charge on any atom is 0.264 e. The lowest BCUT2D eigenvalue weighted by Crippen LogP contribution is -2.12. The van der Waals surface area contributed by atoms with Crippen molar-refractivity contribution in [2.75, 3.05) is 62.4 Å². The van der Waals surface area contributed by atoms with E-state index in [1.165, 1.54) is 21.3 Å². The van der Waals surface area contributed by atoms with Gasteiger partial charge in [0.05, 0.1) is 63.1 Å². The van der Waals surface area contributed by atoms with Crippen LogP contribution in [0.4, 0.5) is 68.2 Å². The van der Waals surface area contributed by atoms with Crippen molar-refractivity contribution in [2.24, 2.45) is 40.9 Å². The number of unbranched alkanes of at least 4 members (excludes halogenated alkanes) is 2. The van der Waals surface area contributed by atoms with Gasteiger partial charge in [-0.05, 0) is 171 Å². The third-order valence-corrected chi connectivity index (χ3v) is 15.8. The van der Waals surface area contributed by atoms with Crippen LogP contribution in [-0.2, 0) is 20.2 Å². The molecular formula is C65H65N11O13S2. The predicted octanol–water partition coefficient (Wildman–Crippen LogP) is 17.0. The third kappa shape index (κ3) is 17.5. The first-order valence-corrected chi connectivity index (χ1v) is 31.6. The molecule has 470 valence electrons. The van der Waals surface area contributed by atoms with Gasteiger partial charge in [0, 0.05) is 63.4 Å². The predicted molar refractivity (Wildman–Crippen MR) is 350 cm³/mol. The van der Waals surface area contributed by atoms with Crippen molar-refractivity contribution in [3.8, 4) is 34.5 Å². The van der Waals surface area contributed by atoms with Crippen LogP contribution in [0.2, 0.25) is 0 Å². The molecule has 24 nitrogen and oxygen atoms in total. The van der Waals surface area contributed by atoms with Crippen LogP contribution in [0.25, 0.3) is 21.5 Å². The second-order valence-electron chi connectivity index (χ2n) is 20.9. The highest BCUT2D eigenvalue weighted by Crippen LogP contribution is 2.45. The summed E-state index contributed by atoms with van der Waals surface area (Å²) in [6, 6.07) is 42.3. The summed E-state index contributed by atoms with van der Waals surface area (Å²) >= 11 is 0. The van der Waals surface area contributed by atoms with Crippen LogP contribution in [0, 0.1) is 20.8 Å². The number of phenolic OH excluding ortho intramolecular Hbond substituents is 1. The lowest BCUT2D eigenvalue weighted by molar-refractivity contribution is 0.102. The molecule has 0 aliphatic carbocycles. The molecule has 1 amide bonds. The van der Waals surface area contributed by atoms with Crippen molar-refractivity contribution in [2.45, 2.75) is 46.5 Å². The van der Waals surface area contributed by atoms with Crippen LogP contribution in [-0.4, -0.2) is 83.0 Å². The molecule has 7 N–H and O–H groups in total. The molecule has 0 heterocycles. The lowest BCUT2D eigenvalue weighted by Gasteiger charge is -2.12. The fraction of sp³-hybridized carbons (Fsp3) is 0.215. The number of ether oxygens (including phenoxy) is 5. The highest BCUT2D eigenvalue weighted by atomic mass is 32.2. The minimum atomic E-state index is -4.18. The summed E-state index contributed by atoms with van der Waals surface area (Å²) < 4.78 is 92.7. The number of hydrogen-bond acceptors (Lipinski definition) is 21. The number of nitrogens with zero attached hydrogens (tertiary/aromatic N) is 8. The Morgan fingerprint density at radius 1 is 0.451 bits per heavy atom. The maximum atomic E-state index is 13.5. The number of carbonyl (C=O) groups is 1. The second-order valence-corrected chi connectivity index (χ2v) is 24.0. The highest BCUT2D eigenvalue weighted by Gasteiger charge is 2.18. The van der Waals surface area contributed by atoms with Gasteiger partial charge in [0.15, 0.2) is 5.75 Å².